The van der Waals surface area contributed by atoms with Crippen molar-refractivity contribution in [2.75, 3.05) is 0 Å². The molecule has 1 fully saturated rings. The van der Waals surface area contributed by atoms with E-state index in [1.54, 1.807) is 0 Å². The molecule has 4 heteroatoms. The van der Waals surface area contributed by atoms with Gasteiger partial charge >= 0.3 is 0 Å². The van der Waals surface area contributed by atoms with Crippen LogP contribution in [-0.4, -0.2) is 34.2 Å². The fourth-order valence-corrected chi connectivity index (χ4v) is 4.44. The van der Waals surface area contributed by atoms with Crippen molar-refractivity contribution in [1.29, 1.82) is 0 Å². The Morgan fingerprint density at radius 3 is 1.97 bits per heavy atom. The molecule has 4 nitrogen and oxygen atoms in total. The minimum absolute atomic E-state index is 0.0541. The average Bonchev–Trinajstić information content (AvgIpc) is 3.15. The van der Waals surface area contributed by atoms with Crippen molar-refractivity contribution >= 4 is 5.91 Å². The van der Waals surface area contributed by atoms with Crippen molar-refractivity contribution in [2.24, 2.45) is 5.92 Å². The number of rotatable bonds is 8. The lowest BCUT2D eigenvalue weighted by atomic mass is 9.84. The number of benzene rings is 3. The lowest BCUT2D eigenvalue weighted by molar-refractivity contribution is -0.132. The van der Waals surface area contributed by atoms with Gasteiger partial charge in [-0.15, -0.1) is 0 Å². The zero-order valence-corrected chi connectivity index (χ0v) is 18.7. The Labute approximate surface area is 190 Å². The quantitative estimate of drug-likeness (QED) is 0.567. The highest BCUT2D eigenvalue weighted by atomic mass is 16.3. The maximum Gasteiger partial charge on any atom is 0.244 e. The Kier molecular flexibility index (Phi) is 7.03. The second kappa shape index (κ2) is 10.1. The van der Waals surface area contributed by atoms with E-state index >= 15 is 0 Å². The molecule has 0 spiro atoms. The van der Waals surface area contributed by atoms with Crippen molar-refractivity contribution in [1.82, 2.24) is 10.2 Å². The number of aliphatic hydroxyl groups is 1. The van der Waals surface area contributed by atoms with E-state index in [-0.39, 0.29) is 18.0 Å². The van der Waals surface area contributed by atoms with Gasteiger partial charge in [0, 0.05) is 12.5 Å². The monoisotopic (exact) mass is 427 g/mol. The largest absolute Gasteiger partial charge is 0.390 e. The van der Waals surface area contributed by atoms with Crippen molar-refractivity contribution in [3.63, 3.8) is 0 Å². The lowest BCUT2D eigenvalue weighted by Crippen LogP contribution is -2.46. The number of nitrogens with zero attached hydrogens (tertiary/aromatic N) is 1. The summed E-state index contributed by atoms with van der Waals surface area (Å²) >= 11 is 0. The Balaban J connectivity index is 1.61. The predicted octanol–water partition coefficient (Wildman–Crippen LogP) is 4.20. The molecule has 1 unspecified atom stereocenters. The van der Waals surface area contributed by atoms with E-state index in [0.29, 0.717) is 13.0 Å². The summed E-state index contributed by atoms with van der Waals surface area (Å²) in [5, 5.41) is 15.0. The van der Waals surface area contributed by atoms with Gasteiger partial charge < -0.3 is 10.0 Å². The maximum absolute atomic E-state index is 13.5. The highest BCUT2D eigenvalue weighted by molar-refractivity contribution is 5.85. The molecule has 165 valence electrons. The van der Waals surface area contributed by atoms with E-state index in [2.05, 4.69) is 31.3 Å². The van der Waals surface area contributed by atoms with Crippen LogP contribution in [0, 0.1) is 11.8 Å². The van der Waals surface area contributed by atoms with Crippen LogP contribution in [-0.2, 0) is 17.8 Å². The van der Waals surface area contributed by atoms with Crippen molar-refractivity contribution < 1.29 is 9.90 Å². The second-order valence-corrected chi connectivity index (χ2v) is 8.78. The van der Waals surface area contributed by atoms with Crippen LogP contribution < -0.4 is 5.32 Å². The summed E-state index contributed by atoms with van der Waals surface area (Å²) in [5.74, 6) is 1.02. The molecule has 4 rings (SSSR count). The number of amides is 1. The zero-order chi connectivity index (χ0) is 22.5. The predicted molar refractivity (Wildman–Crippen MR) is 127 cm³/mol. The number of hydrogen-bond donors (Lipinski definition) is 2. The average molecular weight is 428 g/mol. The number of nitrogens with one attached hydrogen (secondary N) is 1. The van der Waals surface area contributed by atoms with Gasteiger partial charge in [0.15, 0.2) is 0 Å². The molecule has 3 aromatic rings. The van der Waals surface area contributed by atoms with Gasteiger partial charge in [-0.2, -0.15) is 0 Å². The Morgan fingerprint density at radius 1 is 0.875 bits per heavy atom. The lowest BCUT2D eigenvalue weighted by Gasteiger charge is -2.27. The third-order valence-electron chi connectivity index (χ3n) is 6.12. The van der Waals surface area contributed by atoms with Crippen molar-refractivity contribution in [3.8, 4) is 0 Å². The van der Waals surface area contributed by atoms with Crippen LogP contribution in [0.25, 0.3) is 0 Å². The fourth-order valence-electron chi connectivity index (χ4n) is 4.44. The molecule has 1 amide bonds. The van der Waals surface area contributed by atoms with Gasteiger partial charge in [0.1, 0.15) is 6.04 Å². The Hall–Kier alpha value is -2.95. The molecule has 1 aliphatic heterocycles. The van der Waals surface area contributed by atoms with Crippen LogP contribution in [0.4, 0.5) is 0 Å². The summed E-state index contributed by atoms with van der Waals surface area (Å²) in [6, 6.07) is 29.3. The van der Waals surface area contributed by atoms with Crippen LogP contribution in [0.3, 0.4) is 0 Å². The zero-order valence-electron chi connectivity index (χ0n) is 18.7. The summed E-state index contributed by atoms with van der Waals surface area (Å²) in [5.41, 5.74) is 3.15. The van der Waals surface area contributed by atoms with Gasteiger partial charge in [-0.3, -0.25) is 10.1 Å². The van der Waals surface area contributed by atoms with E-state index in [1.165, 1.54) is 0 Å². The summed E-state index contributed by atoms with van der Waals surface area (Å²) in [6.45, 7) is 4.73. The Bertz CT molecular complexity index is 992. The molecule has 3 atom stereocenters. The van der Waals surface area contributed by atoms with Gasteiger partial charge in [-0.1, -0.05) is 105 Å². The molecule has 32 heavy (non-hydrogen) atoms. The van der Waals surface area contributed by atoms with Gasteiger partial charge in [-0.05, 0) is 29.0 Å². The third kappa shape index (κ3) is 4.93. The van der Waals surface area contributed by atoms with Crippen LogP contribution in [0.15, 0.2) is 91.0 Å². The van der Waals surface area contributed by atoms with Crippen LogP contribution >= 0.6 is 0 Å². The molecular weight excluding hydrogens is 396 g/mol. The first kappa shape index (κ1) is 22.3. The number of carbonyl (C=O) groups is 1. The minimum Gasteiger partial charge on any atom is -0.390 e. The first-order chi connectivity index (χ1) is 15.5. The number of carbonyl (C=O) groups excluding carboxylic acids is 1. The standard InChI is InChI=1S/C28H31N2O2/c1-20(2)27-29-25(28(32)30(27)19-22-14-8-4-9-15-22)26(31)24(23-16-10-5-11-17-23)18-21-12-6-3-7-13-21/h3-17,20,25-27,29,31H,18-19H2,1-2H3/t25-,26+,27?/m0/s1. The van der Waals surface area contributed by atoms with Crippen LogP contribution in [0.1, 0.15) is 30.5 Å². The smallest absolute Gasteiger partial charge is 0.244 e. The van der Waals surface area contributed by atoms with Crippen molar-refractivity contribution in [2.45, 2.75) is 45.1 Å². The minimum atomic E-state index is -0.924. The maximum atomic E-state index is 13.5. The molecule has 0 aliphatic carbocycles. The Morgan fingerprint density at radius 2 is 1.41 bits per heavy atom. The highest BCUT2D eigenvalue weighted by Crippen LogP contribution is 2.30. The van der Waals surface area contributed by atoms with E-state index < -0.39 is 12.1 Å². The van der Waals surface area contributed by atoms with Crippen LogP contribution in [0.2, 0.25) is 0 Å². The number of aliphatic hydroxyl groups excluding tert-OH is 1. The molecule has 2 N–H and O–H groups in total. The van der Waals surface area contributed by atoms with E-state index in [1.807, 2.05) is 83.8 Å². The summed E-state index contributed by atoms with van der Waals surface area (Å²) in [6.07, 6.45) is -0.467. The normalized spacial score (nSPS) is 19.7. The van der Waals surface area contributed by atoms with Gasteiger partial charge in [0.05, 0.1) is 12.3 Å². The van der Waals surface area contributed by atoms with Gasteiger partial charge in [0.25, 0.3) is 0 Å². The highest BCUT2D eigenvalue weighted by Gasteiger charge is 2.46. The van der Waals surface area contributed by atoms with E-state index in [4.69, 9.17) is 0 Å². The molecule has 0 aromatic heterocycles. The molecule has 1 heterocycles. The summed E-state index contributed by atoms with van der Waals surface area (Å²) < 4.78 is 0. The van der Waals surface area contributed by atoms with E-state index in [9.17, 15) is 9.90 Å². The van der Waals surface area contributed by atoms with Crippen LogP contribution in [0.5, 0.6) is 0 Å². The van der Waals surface area contributed by atoms with Crippen molar-refractivity contribution in [3.05, 3.63) is 114 Å². The fraction of sp³-hybridized carbons (Fsp3) is 0.286. The molecule has 1 saturated heterocycles. The topological polar surface area (TPSA) is 52.6 Å². The first-order valence-electron chi connectivity index (χ1n) is 11.3. The molecule has 1 aliphatic rings. The summed E-state index contributed by atoms with van der Waals surface area (Å²) in [4.78, 5) is 15.4. The van der Waals surface area contributed by atoms with Gasteiger partial charge in [-0.25, -0.2) is 0 Å². The summed E-state index contributed by atoms with van der Waals surface area (Å²) in [7, 11) is 0. The third-order valence-corrected chi connectivity index (χ3v) is 6.12. The van der Waals surface area contributed by atoms with E-state index in [0.717, 1.165) is 22.6 Å². The molecular formula is C28H31N2O2. The number of hydrogen-bond acceptors (Lipinski definition) is 3. The van der Waals surface area contributed by atoms with Gasteiger partial charge in [0.2, 0.25) is 5.91 Å². The molecule has 0 bridgehead atoms. The molecule has 0 saturated carbocycles. The molecule has 3 aromatic carbocycles. The first-order valence-corrected chi connectivity index (χ1v) is 11.3. The SMILES string of the molecule is CC(C)C1N[C@@H]([C@H](O)[C](Cc2ccccc2)c2ccccc2)C(=O)N1Cc1ccccc1. The second-order valence-electron chi connectivity index (χ2n) is 8.78. The molecule has 1 radical (unpaired) electrons.